The highest BCUT2D eigenvalue weighted by Crippen LogP contribution is 2.05. The average molecular weight is 242 g/mol. The Morgan fingerprint density at radius 1 is 1.17 bits per heavy atom. The predicted octanol–water partition coefficient (Wildman–Crippen LogP) is 1.91. The molecule has 4 nitrogen and oxygen atoms in total. The van der Waals surface area contributed by atoms with Gasteiger partial charge in [0.25, 0.3) is 0 Å². The molecule has 4 heteroatoms. The van der Waals surface area contributed by atoms with Gasteiger partial charge in [0.15, 0.2) is 5.78 Å². The molecule has 0 amide bonds. The Morgan fingerprint density at radius 3 is 2.67 bits per heavy atom. The van der Waals surface area contributed by atoms with Gasteiger partial charge < -0.3 is 0 Å². The zero-order chi connectivity index (χ0) is 12.8. The number of aromatic nitrogens is 2. The molecule has 1 aromatic carbocycles. The third-order valence-electron chi connectivity index (χ3n) is 2.68. The summed E-state index contributed by atoms with van der Waals surface area (Å²) in [7, 11) is 0. The van der Waals surface area contributed by atoms with Crippen LogP contribution < -0.4 is 5.69 Å². The van der Waals surface area contributed by atoms with Gasteiger partial charge in [-0.3, -0.25) is 9.36 Å². The number of carbonyl (C=O) groups is 1. The number of Topliss-reactive ketones (excluding diaryl/α,β-unsaturated/α-hetero) is 1. The molecular weight excluding hydrogens is 228 g/mol. The van der Waals surface area contributed by atoms with Crippen molar-refractivity contribution < 1.29 is 4.79 Å². The highest BCUT2D eigenvalue weighted by molar-refractivity contribution is 5.95. The lowest BCUT2D eigenvalue weighted by Gasteiger charge is -2.03. The Hall–Kier alpha value is -2.23. The summed E-state index contributed by atoms with van der Waals surface area (Å²) in [6.07, 6.45) is 4.22. The molecule has 2 rings (SSSR count). The van der Waals surface area contributed by atoms with Gasteiger partial charge in [-0.2, -0.15) is 0 Å². The van der Waals surface area contributed by atoms with Crippen LogP contribution in [-0.2, 0) is 6.54 Å². The highest BCUT2D eigenvalue weighted by Gasteiger charge is 2.04. The van der Waals surface area contributed by atoms with Crippen LogP contribution in [0.15, 0.2) is 53.6 Å². The molecule has 18 heavy (non-hydrogen) atoms. The number of rotatable bonds is 5. The third-order valence-corrected chi connectivity index (χ3v) is 2.68. The average Bonchev–Trinajstić information content (AvgIpc) is 2.42. The summed E-state index contributed by atoms with van der Waals surface area (Å²) < 4.78 is 1.51. The Kier molecular flexibility index (Phi) is 4.02. The summed E-state index contributed by atoms with van der Waals surface area (Å²) in [6.45, 7) is 0.519. The molecule has 0 saturated carbocycles. The molecule has 0 saturated heterocycles. The number of ketones is 1. The van der Waals surface area contributed by atoms with Gasteiger partial charge >= 0.3 is 5.69 Å². The summed E-state index contributed by atoms with van der Waals surface area (Å²) in [5.41, 5.74) is 0.445. The van der Waals surface area contributed by atoms with Crippen molar-refractivity contribution in [3.63, 3.8) is 0 Å². The second kappa shape index (κ2) is 5.91. The van der Waals surface area contributed by atoms with Gasteiger partial charge in [0, 0.05) is 30.9 Å². The minimum atomic E-state index is -0.273. The van der Waals surface area contributed by atoms with Crippen molar-refractivity contribution in [3.05, 3.63) is 64.8 Å². The fourth-order valence-electron chi connectivity index (χ4n) is 1.74. The van der Waals surface area contributed by atoms with Crippen LogP contribution in [0.25, 0.3) is 0 Å². The Bertz CT molecular complexity index is 576. The van der Waals surface area contributed by atoms with Crippen LogP contribution >= 0.6 is 0 Å². The SMILES string of the molecule is O=C(CCCn1cccnc1=O)c1ccccc1. The zero-order valence-electron chi connectivity index (χ0n) is 9.95. The Labute approximate surface area is 105 Å². The summed E-state index contributed by atoms with van der Waals surface area (Å²) in [6, 6.07) is 10.9. The van der Waals surface area contributed by atoms with Crippen LogP contribution in [0.5, 0.6) is 0 Å². The first-order valence-corrected chi connectivity index (χ1v) is 5.87. The lowest BCUT2D eigenvalue weighted by molar-refractivity contribution is 0.0978. The first-order valence-electron chi connectivity index (χ1n) is 5.87. The molecule has 92 valence electrons. The topological polar surface area (TPSA) is 52.0 Å². The number of hydrogen-bond donors (Lipinski definition) is 0. The van der Waals surface area contributed by atoms with Gasteiger partial charge in [-0.25, -0.2) is 9.78 Å². The normalized spacial score (nSPS) is 10.2. The van der Waals surface area contributed by atoms with E-state index in [4.69, 9.17) is 0 Å². The van der Waals surface area contributed by atoms with Gasteiger partial charge in [-0.1, -0.05) is 30.3 Å². The van der Waals surface area contributed by atoms with Gasteiger partial charge in [-0.15, -0.1) is 0 Å². The first kappa shape index (κ1) is 12.2. The van der Waals surface area contributed by atoms with Crippen LogP contribution in [0.2, 0.25) is 0 Å². The van der Waals surface area contributed by atoms with Gasteiger partial charge in [0.05, 0.1) is 0 Å². The second-order valence-electron chi connectivity index (χ2n) is 3.99. The number of aryl methyl sites for hydroxylation is 1. The van der Waals surface area contributed by atoms with Gasteiger partial charge in [0.1, 0.15) is 0 Å². The number of benzene rings is 1. The molecule has 0 aliphatic carbocycles. The monoisotopic (exact) mass is 242 g/mol. The van der Waals surface area contributed by atoms with E-state index in [1.807, 2.05) is 18.2 Å². The largest absolute Gasteiger partial charge is 0.347 e. The molecule has 2 aromatic rings. The molecular formula is C14H14N2O2. The molecule has 0 N–H and O–H groups in total. The molecule has 0 bridgehead atoms. The van der Waals surface area contributed by atoms with E-state index in [0.29, 0.717) is 19.4 Å². The van der Waals surface area contributed by atoms with E-state index >= 15 is 0 Å². The van der Waals surface area contributed by atoms with Crippen molar-refractivity contribution in [2.24, 2.45) is 0 Å². The lowest BCUT2D eigenvalue weighted by atomic mass is 10.1. The fourth-order valence-corrected chi connectivity index (χ4v) is 1.74. The van der Waals surface area contributed by atoms with Gasteiger partial charge in [-0.05, 0) is 12.5 Å². The molecule has 0 aliphatic heterocycles. The van der Waals surface area contributed by atoms with Crippen molar-refractivity contribution in [3.8, 4) is 0 Å². The first-order chi connectivity index (χ1) is 8.77. The number of hydrogen-bond acceptors (Lipinski definition) is 3. The lowest BCUT2D eigenvalue weighted by Crippen LogP contribution is -2.21. The quantitative estimate of drug-likeness (QED) is 0.752. The molecule has 0 atom stereocenters. The van der Waals surface area contributed by atoms with Crippen LogP contribution in [0.3, 0.4) is 0 Å². The maximum absolute atomic E-state index is 11.8. The minimum absolute atomic E-state index is 0.104. The smallest absolute Gasteiger partial charge is 0.299 e. The summed E-state index contributed by atoms with van der Waals surface area (Å²) in [5, 5.41) is 0. The van der Waals surface area contributed by atoms with Crippen molar-refractivity contribution in [1.29, 1.82) is 0 Å². The maximum atomic E-state index is 11.8. The van der Waals surface area contributed by atoms with E-state index in [2.05, 4.69) is 4.98 Å². The Morgan fingerprint density at radius 2 is 1.94 bits per heavy atom. The van der Waals surface area contributed by atoms with Gasteiger partial charge in [0.2, 0.25) is 0 Å². The molecule has 0 aliphatic rings. The van der Waals surface area contributed by atoms with Crippen LogP contribution in [-0.4, -0.2) is 15.3 Å². The summed E-state index contributed by atoms with van der Waals surface area (Å²) in [4.78, 5) is 26.8. The Balaban J connectivity index is 1.88. The third kappa shape index (κ3) is 3.13. The zero-order valence-corrected chi connectivity index (χ0v) is 9.95. The van der Waals surface area contributed by atoms with E-state index in [1.165, 1.54) is 10.8 Å². The molecule has 0 radical (unpaired) electrons. The molecule has 0 fully saturated rings. The van der Waals surface area contributed by atoms with E-state index in [1.54, 1.807) is 24.4 Å². The van der Waals surface area contributed by atoms with Crippen molar-refractivity contribution in [2.45, 2.75) is 19.4 Å². The second-order valence-corrected chi connectivity index (χ2v) is 3.99. The summed E-state index contributed by atoms with van der Waals surface area (Å²) >= 11 is 0. The van der Waals surface area contributed by atoms with E-state index in [-0.39, 0.29) is 11.5 Å². The van der Waals surface area contributed by atoms with Crippen molar-refractivity contribution in [2.75, 3.05) is 0 Å². The fraction of sp³-hybridized carbons (Fsp3) is 0.214. The molecule has 1 heterocycles. The van der Waals surface area contributed by atoms with E-state index < -0.39 is 0 Å². The van der Waals surface area contributed by atoms with Crippen LogP contribution in [0.1, 0.15) is 23.2 Å². The highest BCUT2D eigenvalue weighted by atomic mass is 16.1. The molecule has 0 spiro atoms. The maximum Gasteiger partial charge on any atom is 0.347 e. The van der Waals surface area contributed by atoms with E-state index in [0.717, 1.165) is 5.56 Å². The molecule has 1 aromatic heterocycles. The summed E-state index contributed by atoms with van der Waals surface area (Å²) in [5.74, 6) is 0.104. The standard InChI is InChI=1S/C14H14N2O2/c17-13(12-6-2-1-3-7-12)8-4-10-16-11-5-9-15-14(16)18/h1-3,5-7,9,11H,4,8,10H2. The predicted molar refractivity (Wildman–Crippen MR) is 68.5 cm³/mol. The van der Waals surface area contributed by atoms with Crippen molar-refractivity contribution >= 4 is 5.78 Å². The van der Waals surface area contributed by atoms with E-state index in [9.17, 15) is 9.59 Å². The number of nitrogens with zero attached hydrogens (tertiary/aromatic N) is 2. The molecule has 0 unspecified atom stereocenters. The van der Waals surface area contributed by atoms with Crippen LogP contribution in [0.4, 0.5) is 0 Å². The number of carbonyl (C=O) groups excluding carboxylic acids is 1. The van der Waals surface area contributed by atoms with Crippen molar-refractivity contribution in [1.82, 2.24) is 9.55 Å². The minimum Gasteiger partial charge on any atom is -0.299 e. The van der Waals surface area contributed by atoms with Crippen LogP contribution in [0, 0.1) is 0 Å².